The molecule has 8 heteroatoms. The van der Waals surface area contributed by atoms with Gasteiger partial charge in [0.1, 0.15) is 6.61 Å². The van der Waals surface area contributed by atoms with Crippen LogP contribution in [0, 0.1) is 0 Å². The van der Waals surface area contributed by atoms with Crippen LogP contribution in [0.15, 0.2) is 36.5 Å². The van der Waals surface area contributed by atoms with E-state index in [1.807, 2.05) is 37.4 Å². The van der Waals surface area contributed by atoms with Crippen LogP contribution in [0.3, 0.4) is 0 Å². The summed E-state index contributed by atoms with van der Waals surface area (Å²) in [4.78, 5) is 4.25. The van der Waals surface area contributed by atoms with Crippen molar-refractivity contribution in [3.63, 3.8) is 0 Å². The Labute approximate surface area is 143 Å². The highest BCUT2D eigenvalue weighted by atomic mass is 16.5. The monoisotopic (exact) mass is 338 g/mol. The van der Waals surface area contributed by atoms with Crippen LogP contribution < -0.4 is 10.1 Å². The second-order valence-corrected chi connectivity index (χ2v) is 5.60. The number of nitrogens with zero attached hydrogens (tertiary/aromatic N) is 4. The third-order valence-electron chi connectivity index (χ3n) is 3.94. The molecule has 3 heterocycles. The van der Waals surface area contributed by atoms with Crippen molar-refractivity contribution in [1.29, 1.82) is 0 Å². The smallest absolute Gasteiger partial charge is 0.240 e. The molecule has 0 bridgehead atoms. The number of benzene rings is 1. The number of anilines is 2. The molecule has 8 nitrogen and oxygen atoms in total. The molecule has 0 unspecified atom stereocenters. The van der Waals surface area contributed by atoms with E-state index in [0.717, 1.165) is 33.4 Å². The quantitative estimate of drug-likeness (QED) is 0.525. The highest BCUT2D eigenvalue weighted by Gasteiger charge is 2.12. The molecule has 25 heavy (non-hydrogen) atoms. The van der Waals surface area contributed by atoms with E-state index in [-0.39, 0.29) is 0 Å². The molecule has 4 aromatic rings. The van der Waals surface area contributed by atoms with E-state index < -0.39 is 0 Å². The maximum Gasteiger partial charge on any atom is 0.240 e. The predicted octanol–water partition coefficient (Wildman–Crippen LogP) is 2.61. The van der Waals surface area contributed by atoms with Crippen molar-refractivity contribution in [2.24, 2.45) is 7.05 Å². The van der Waals surface area contributed by atoms with E-state index in [4.69, 9.17) is 9.47 Å². The molecule has 0 saturated heterocycles. The van der Waals surface area contributed by atoms with Gasteiger partial charge in [0.15, 0.2) is 11.5 Å². The lowest BCUT2D eigenvalue weighted by molar-refractivity contribution is 0.144. The van der Waals surface area contributed by atoms with Gasteiger partial charge < -0.3 is 14.8 Å². The Balaban J connectivity index is 1.64. The first-order valence-electron chi connectivity index (χ1n) is 7.91. The summed E-state index contributed by atoms with van der Waals surface area (Å²) >= 11 is 0. The summed E-state index contributed by atoms with van der Waals surface area (Å²) in [5.41, 5.74) is 2.63. The molecule has 0 aliphatic rings. The van der Waals surface area contributed by atoms with E-state index in [0.29, 0.717) is 19.1 Å². The lowest BCUT2D eigenvalue weighted by Gasteiger charge is -2.05. The minimum atomic E-state index is 0.467. The Morgan fingerprint density at radius 3 is 3.00 bits per heavy atom. The van der Waals surface area contributed by atoms with E-state index >= 15 is 0 Å². The van der Waals surface area contributed by atoms with Crippen LogP contribution in [0.4, 0.5) is 11.5 Å². The number of rotatable bonds is 6. The van der Waals surface area contributed by atoms with Crippen molar-refractivity contribution in [1.82, 2.24) is 25.0 Å². The van der Waals surface area contributed by atoms with E-state index in [1.54, 1.807) is 18.0 Å². The fraction of sp³-hybridized carbons (Fsp3) is 0.235. The molecule has 0 fully saturated rings. The zero-order valence-electron chi connectivity index (χ0n) is 14.0. The number of aromatic nitrogens is 5. The van der Waals surface area contributed by atoms with E-state index in [1.165, 1.54) is 0 Å². The standard InChI is InChI=1S/C17H18N6O2/c1-23-14-10-11(5-6-12(14)17(22-23)25-9-8-24-2)19-16-13-4-3-7-18-15(13)20-21-16/h3-7,10H,8-9H2,1-2H3,(H2,18,19,20,21). The minimum Gasteiger partial charge on any atom is -0.474 e. The number of nitrogens with one attached hydrogen (secondary N) is 2. The maximum absolute atomic E-state index is 5.68. The van der Waals surface area contributed by atoms with Gasteiger partial charge in [-0.2, -0.15) is 5.10 Å². The molecule has 4 rings (SSSR count). The Bertz CT molecular complexity index is 1020. The third-order valence-corrected chi connectivity index (χ3v) is 3.94. The molecule has 2 N–H and O–H groups in total. The second kappa shape index (κ2) is 6.40. The van der Waals surface area contributed by atoms with Crippen LogP contribution in [0.25, 0.3) is 21.9 Å². The molecule has 0 saturated carbocycles. The fourth-order valence-corrected chi connectivity index (χ4v) is 2.72. The Hall–Kier alpha value is -3.13. The molecule has 3 aromatic heterocycles. The third kappa shape index (κ3) is 2.87. The number of aromatic amines is 1. The van der Waals surface area contributed by atoms with Gasteiger partial charge in [-0.1, -0.05) is 0 Å². The summed E-state index contributed by atoms with van der Waals surface area (Å²) in [5, 5.41) is 16.9. The summed E-state index contributed by atoms with van der Waals surface area (Å²) in [5.74, 6) is 1.34. The zero-order valence-corrected chi connectivity index (χ0v) is 14.0. The zero-order chi connectivity index (χ0) is 17.2. The van der Waals surface area contributed by atoms with Gasteiger partial charge >= 0.3 is 0 Å². The number of hydrogen-bond acceptors (Lipinski definition) is 6. The fourth-order valence-electron chi connectivity index (χ4n) is 2.72. The molecule has 0 amide bonds. The van der Waals surface area contributed by atoms with E-state index in [2.05, 4.69) is 25.6 Å². The Morgan fingerprint density at radius 2 is 2.12 bits per heavy atom. The van der Waals surface area contributed by atoms with Gasteiger partial charge in [-0.3, -0.25) is 9.78 Å². The van der Waals surface area contributed by atoms with Crippen LogP contribution in [0.1, 0.15) is 0 Å². The molecule has 0 spiro atoms. The number of pyridine rings is 1. The molecular formula is C17H18N6O2. The second-order valence-electron chi connectivity index (χ2n) is 5.60. The SMILES string of the molecule is COCCOc1nn(C)c2cc(Nc3n[nH]c4ncccc34)ccc12. The summed E-state index contributed by atoms with van der Waals surface area (Å²) in [7, 11) is 3.54. The predicted molar refractivity (Wildman–Crippen MR) is 95.3 cm³/mol. The van der Waals surface area contributed by atoms with Crippen LogP contribution in [0.2, 0.25) is 0 Å². The molecule has 0 aliphatic heterocycles. The number of methoxy groups -OCH3 is 1. The molecule has 1 aromatic carbocycles. The molecule has 128 valence electrons. The van der Waals surface area contributed by atoms with Gasteiger partial charge in [-0.15, -0.1) is 5.10 Å². The molecular weight excluding hydrogens is 320 g/mol. The number of fused-ring (bicyclic) bond motifs is 2. The van der Waals surface area contributed by atoms with Crippen LogP contribution in [0.5, 0.6) is 5.88 Å². The van der Waals surface area contributed by atoms with Gasteiger partial charge in [0, 0.05) is 26.0 Å². The van der Waals surface area contributed by atoms with Crippen molar-refractivity contribution < 1.29 is 9.47 Å². The Kier molecular flexibility index (Phi) is 3.95. The first-order valence-corrected chi connectivity index (χ1v) is 7.91. The van der Waals surface area contributed by atoms with Crippen molar-refractivity contribution >= 4 is 33.4 Å². The number of aryl methyl sites for hydroxylation is 1. The highest BCUT2D eigenvalue weighted by Crippen LogP contribution is 2.29. The van der Waals surface area contributed by atoms with Gasteiger partial charge in [0.05, 0.1) is 22.9 Å². The van der Waals surface area contributed by atoms with Gasteiger partial charge in [0.25, 0.3) is 0 Å². The summed E-state index contributed by atoms with van der Waals surface area (Å²) in [6, 6.07) is 9.84. The lowest BCUT2D eigenvalue weighted by atomic mass is 10.2. The minimum absolute atomic E-state index is 0.467. The lowest BCUT2D eigenvalue weighted by Crippen LogP contribution is -2.05. The molecule has 0 aliphatic carbocycles. The van der Waals surface area contributed by atoms with Crippen LogP contribution >= 0.6 is 0 Å². The van der Waals surface area contributed by atoms with Gasteiger partial charge in [-0.05, 0) is 30.3 Å². The summed E-state index contributed by atoms with van der Waals surface area (Å²) in [6.45, 7) is 0.993. The van der Waals surface area contributed by atoms with Crippen molar-refractivity contribution in [3.8, 4) is 5.88 Å². The van der Waals surface area contributed by atoms with Crippen molar-refractivity contribution in [2.45, 2.75) is 0 Å². The van der Waals surface area contributed by atoms with Crippen LogP contribution in [-0.2, 0) is 11.8 Å². The molecule has 0 radical (unpaired) electrons. The summed E-state index contributed by atoms with van der Waals surface area (Å²) in [6.07, 6.45) is 1.73. The number of H-pyrrole nitrogens is 1. The maximum atomic E-state index is 5.68. The average Bonchev–Trinajstić information content (AvgIpc) is 3.17. The number of hydrogen-bond donors (Lipinski definition) is 2. The van der Waals surface area contributed by atoms with Gasteiger partial charge in [-0.25, -0.2) is 4.98 Å². The first-order chi connectivity index (χ1) is 12.3. The topological polar surface area (TPSA) is 89.9 Å². The van der Waals surface area contributed by atoms with Gasteiger partial charge in [0.2, 0.25) is 5.88 Å². The highest BCUT2D eigenvalue weighted by molar-refractivity contribution is 5.91. The average molecular weight is 338 g/mol. The largest absolute Gasteiger partial charge is 0.474 e. The summed E-state index contributed by atoms with van der Waals surface area (Å²) < 4.78 is 12.5. The van der Waals surface area contributed by atoms with E-state index in [9.17, 15) is 0 Å². The van der Waals surface area contributed by atoms with Crippen molar-refractivity contribution in [3.05, 3.63) is 36.5 Å². The van der Waals surface area contributed by atoms with Crippen molar-refractivity contribution in [2.75, 3.05) is 25.6 Å². The number of ether oxygens (including phenoxy) is 2. The Morgan fingerprint density at radius 1 is 1.20 bits per heavy atom. The van der Waals surface area contributed by atoms with Crippen LogP contribution in [-0.4, -0.2) is 45.3 Å². The normalized spacial score (nSPS) is 11.3. The first kappa shape index (κ1) is 15.4. The molecule has 0 atom stereocenters.